The number of aryl methyl sites for hydroxylation is 1. The Balaban J connectivity index is 1.03. The van der Waals surface area contributed by atoms with E-state index in [0.717, 1.165) is 47.6 Å². The number of esters is 5. The van der Waals surface area contributed by atoms with Crippen molar-refractivity contribution in [2.24, 2.45) is 47.3 Å². The second kappa shape index (κ2) is 42.6. The second-order valence-electron chi connectivity index (χ2n) is 36.9. The van der Waals surface area contributed by atoms with Gasteiger partial charge in [0.25, 0.3) is 35.4 Å². The number of benzene rings is 2. The van der Waals surface area contributed by atoms with Crippen molar-refractivity contribution in [3.8, 4) is 11.5 Å². The third-order valence-electron chi connectivity index (χ3n) is 26.2. The first-order valence-electron chi connectivity index (χ1n) is 45.0. The van der Waals surface area contributed by atoms with Crippen molar-refractivity contribution in [1.29, 1.82) is 0 Å². The lowest BCUT2D eigenvalue weighted by molar-refractivity contribution is -0.171. The summed E-state index contributed by atoms with van der Waals surface area (Å²) in [6.45, 7) is 14.8. The Morgan fingerprint density at radius 2 is 0.925 bits per heavy atom. The Morgan fingerprint density at radius 3 is 1.34 bits per heavy atom. The molecule has 42 heteroatoms. The molecule has 6 fully saturated rings. The predicted octanol–water partition coefficient (Wildman–Crippen LogP) is 2.24. The number of hydrogen-bond donors (Lipinski definition) is 5. The summed E-state index contributed by atoms with van der Waals surface area (Å²) in [5.74, 6) is -21.7. The lowest BCUT2D eigenvalue weighted by atomic mass is 9.82. The fourth-order valence-electron chi connectivity index (χ4n) is 18.5. The summed E-state index contributed by atoms with van der Waals surface area (Å²) in [6.07, 6.45) is 2.27. The van der Waals surface area contributed by atoms with Gasteiger partial charge in [-0.25, -0.2) is 19.4 Å². The molecule has 5 N–H and O–H groups in total. The average Bonchev–Trinajstić information content (AvgIpc) is 1.73. The number of nitrogens with one attached hydrogen (secondary N) is 5. The van der Waals surface area contributed by atoms with Gasteiger partial charge in [-0.3, -0.25) is 101 Å². The summed E-state index contributed by atoms with van der Waals surface area (Å²) in [6, 6.07) is -11.3. The number of likely N-dealkylation sites (N-methyl/N-ethyl adjacent to an activating group) is 4. The number of nitrogens with zero attached hydrogens (tertiary/aromatic N) is 9. The van der Waals surface area contributed by atoms with E-state index in [4.69, 9.17) is 37.8 Å². The molecule has 15 amide bonds. The third kappa shape index (κ3) is 22.5. The maximum atomic E-state index is 16.4. The quantitative estimate of drug-likeness (QED) is 0.0336. The van der Waals surface area contributed by atoms with Crippen molar-refractivity contribution in [2.45, 2.75) is 227 Å². The third-order valence-corrected chi connectivity index (χ3v) is 26.2. The first-order chi connectivity index (χ1) is 62.8. The molecule has 3 aliphatic carbocycles. The van der Waals surface area contributed by atoms with E-state index in [-0.39, 0.29) is 87.8 Å². The molecule has 7 heterocycles. The van der Waals surface area contributed by atoms with Crippen LogP contribution in [0.1, 0.15) is 184 Å². The molecule has 0 bridgehead atoms. The largest absolute Gasteiger partial charge is 0.458 e. The molecule has 720 valence electrons. The van der Waals surface area contributed by atoms with Crippen molar-refractivity contribution >= 4 is 135 Å². The molecule has 10 atom stereocenters. The van der Waals surface area contributed by atoms with Gasteiger partial charge < -0.3 is 83.5 Å². The molecule has 0 aromatic heterocycles. The number of aromatic nitrogens is 1. The summed E-state index contributed by atoms with van der Waals surface area (Å²) in [4.78, 5) is 316. The molecule has 10 aliphatic rings. The molecule has 7 aliphatic heterocycles. The second-order valence-corrected chi connectivity index (χ2v) is 36.9. The van der Waals surface area contributed by atoms with Gasteiger partial charge in [0.05, 0.1) is 48.2 Å². The van der Waals surface area contributed by atoms with Gasteiger partial charge in [0.1, 0.15) is 71.8 Å². The summed E-state index contributed by atoms with van der Waals surface area (Å²) in [5.41, 5.74) is -6.39. The van der Waals surface area contributed by atoms with Gasteiger partial charge in [-0.15, -0.1) is 0 Å². The number of anilines is 1. The molecule has 42 nitrogen and oxygen atoms in total. The highest BCUT2D eigenvalue weighted by molar-refractivity contribution is 6.14. The number of hydrogen-bond acceptors (Lipinski definition) is 29. The van der Waals surface area contributed by atoms with Crippen LogP contribution in [-0.4, -0.2) is 304 Å². The molecular formula is C91H118N14O28. The van der Waals surface area contributed by atoms with Crippen LogP contribution < -0.4 is 32.0 Å². The molecule has 11 rings (SSSR count). The molecule has 0 spiro atoms. The lowest BCUT2D eigenvalue weighted by Gasteiger charge is -2.36. The standard InChI is InChI=1S/C91H118N14O28/c1-43(2)68-85(120)102-33-17-19-58(102)83(118)98(13)39-64(110)100(15)74(45(5)6)89(124)131-49(11)70(81(116)94-68)96-79(114)56-35-57(92-91(126)130-42-129-88(123)54-27-23-52(24-28-54)38-105-62(108)31-32-63(105)109)47(9)77-72(56)93-73-67(55(76(113)48(10)78(73)133-77)36-66(112)127-41-128-87(122)53-25-21-51(22-26-53)37-104-60(106)29-30-61(104)107)80(115)97-71-50(12)132-90(125)75(46(7)8)101(16)65(111)40-99(14)84(119)59-20-18-34-103(59)86(121)69(44(3)4)95-82(71)117/h29-32,35,43-46,49-54,58-59,68-71,74-75H,17-28,33-34,36-42H2,1-16H3,(H,92,126)(H,94,116)(H,95,117)(H,96,114)(H,97,115). The summed E-state index contributed by atoms with van der Waals surface area (Å²) in [7, 11) is 5.33. The van der Waals surface area contributed by atoms with Gasteiger partial charge in [-0.05, 0) is 146 Å². The number of fused-ring (bicyclic) bond motifs is 4. The Bertz CT molecular complexity index is 5220. The Hall–Kier alpha value is -13.1. The Morgan fingerprint density at radius 1 is 0.511 bits per heavy atom. The number of rotatable bonds is 21. The summed E-state index contributed by atoms with van der Waals surface area (Å²) < 4.78 is 40.6. The van der Waals surface area contributed by atoms with E-state index < -0.39 is 298 Å². The number of carbonyl (C=O) groups excluding carboxylic acids is 20. The van der Waals surface area contributed by atoms with Crippen molar-refractivity contribution in [3.63, 3.8) is 0 Å². The molecule has 4 saturated heterocycles. The maximum absolute atomic E-state index is 16.4. The Labute approximate surface area is 766 Å². The molecule has 10 unspecified atom stereocenters. The summed E-state index contributed by atoms with van der Waals surface area (Å²) >= 11 is 0. The van der Waals surface area contributed by atoms with Crippen LogP contribution in [0.2, 0.25) is 0 Å². The van der Waals surface area contributed by atoms with Gasteiger partial charge in [0, 0.05) is 95.4 Å². The van der Waals surface area contributed by atoms with Gasteiger partial charge in [0.2, 0.25) is 60.8 Å². The van der Waals surface area contributed by atoms with Crippen LogP contribution in [0.15, 0.2) is 39.6 Å². The summed E-state index contributed by atoms with van der Waals surface area (Å²) in [5, 5.41) is 13.0. The number of ether oxygens (including phenoxy) is 6. The highest BCUT2D eigenvalue weighted by atomic mass is 16.7. The van der Waals surface area contributed by atoms with Crippen molar-refractivity contribution in [3.05, 3.63) is 68.4 Å². The zero-order valence-electron chi connectivity index (χ0n) is 77.6. The fraction of sp³-hybridized carbons (Fsp3) is 0.604. The van der Waals surface area contributed by atoms with E-state index in [2.05, 4.69) is 26.6 Å². The van der Waals surface area contributed by atoms with E-state index in [9.17, 15) is 76.7 Å². The van der Waals surface area contributed by atoms with E-state index >= 15 is 24.0 Å². The van der Waals surface area contributed by atoms with Crippen LogP contribution in [0.4, 0.5) is 10.5 Å². The number of cyclic esters (lactones) is 2. The number of amides is 15. The van der Waals surface area contributed by atoms with E-state index in [1.165, 1.54) is 77.8 Å². The van der Waals surface area contributed by atoms with Crippen LogP contribution in [0.25, 0.3) is 22.6 Å². The molecule has 0 radical (unpaired) electrons. The van der Waals surface area contributed by atoms with E-state index in [0.29, 0.717) is 38.5 Å². The highest BCUT2D eigenvalue weighted by Crippen LogP contribution is 2.39. The predicted molar refractivity (Wildman–Crippen MR) is 465 cm³/mol. The molecule has 1 aromatic carbocycles. The van der Waals surface area contributed by atoms with Gasteiger partial charge in [-0.2, -0.15) is 0 Å². The van der Waals surface area contributed by atoms with E-state index in [1.807, 2.05) is 0 Å². The minimum absolute atomic E-state index is 0.0345. The minimum atomic E-state index is -2.17. The van der Waals surface area contributed by atoms with Crippen LogP contribution in [0.3, 0.4) is 0 Å². The maximum Gasteiger partial charge on any atom is 0.414 e. The van der Waals surface area contributed by atoms with Crippen LogP contribution in [0, 0.1) is 61.2 Å². The smallest absolute Gasteiger partial charge is 0.414 e. The first kappa shape index (κ1) is 100. The SMILES string of the molecule is Cc1c2oc3c(C)c(NC(=O)OCOC(=O)C4CCC(CN5C(=O)C=CC5=O)CC4)cc(C(=O)NC4C(=O)NC(C(C)C)C(=O)N5CCCC5C(=O)N(C)CC(=O)N(C)C(C(C)C)C(=O)OC4C)c3nc-2c(C(=O)NC2C(=O)NC(C(C)C)C(=O)N3CCCC3C(=O)N(C)CC(=O)N(C)C(C(C)C)C(=O)OC2C)c(CC(=O)OCOC(=O)C2CCC(CN3C(=O)C=CC3=O)CC2)c1=O. The van der Waals surface area contributed by atoms with Gasteiger partial charge >= 0.3 is 35.9 Å². The normalized spacial score (nSPS) is 26.0. The molecular weight excluding hydrogens is 1740 g/mol. The first-order valence-corrected chi connectivity index (χ1v) is 45.0. The topological polar surface area (TPSA) is 526 Å². The monoisotopic (exact) mass is 1850 g/mol. The fourth-order valence-corrected chi connectivity index (χ4v) is 18.5. The molecule has 1 aromatic rings. The van der Waals surface area contributed by atoms with E-state index in [1.54, 1.807) is 55.4 Å². The number of imide groups is 2. The molecule has 133 heavy (non-hydrogen) atoms. The van der Waals surface area contributed by atoms with Gasteiger partial charge in [-0.1, -0.05) is 55.4 Å². The van der Waals surface area contributed by atoms with Crippen molar-refractivity contribution in [1.82, 2.24) is 65.5 Å². The number of carbonyl (C=O) groups is 20. The van der Waals surface area contributed by atoms with Crippen LogP contribution in [-0.2, 0) is 116 Å². The zero-order valence-corrected chi connectivity index (χ0v) is 77.6. The van der Waals surface area contributed by atoms with Crippen LogP contribution in [0.5, 0.6) is 0 Å². The highest BCUT2D eigenvalue weighted by Gasteiger charge is 2.48. The average molecular weight is 1860 g/mol. The van der Waals surface area contributed by atoms with Crippen molar-refractivity contribution < 1.29 is 129 Å². The molecule has 2 saturated carbocycles. The van der Waals surface area contributed by atoms with Crippen molar-refractivity contribution in [2.75, 3.05) is 86.4 Å². The lowest BCUT2D eigenvalue weighted by Crippen LogP contribution is -2.61. The minimum Gasteiger partial charge on any atom is -0.458 e. The van der Waals surface area contributed by atoms with Crippen LogP contribution >= 0.6 is 0 Å². The Kier molecular flexibility index (Phi) is 32.2. The zero-order chi connectivity index (χ0) is 97.5. The van der Waals surface area contributed by atoms with Gasteiger partial charge in [0.15, 0.2) is 16.8 Å².